The van der Waals surface area contributed by atoms with E-state index >= 15 is 0 Å². The second-order valence-electron chi connectivity index (χ2n) is 5.10. The third-order valence-electron chi connectivity index (χ3n) is 3.66. The van der Waals surface area contributed by atoms with Crippen molar-refractivity contribution in [3.05, 3.63) is 18.2 Å². The summed E-state index contributed by atoms with van der Waals surface area (Å²) in [7, 11) is -2.10. The summed E-state index contributed by atoms with van der Waals surface area (Å²) in [5.74, 6) is 0.375. The van der Waals surface area contributed by atoms with Crippen LogP contribution in [0.5, 0.6) is 5.75 Å². The van der Waals surface area contributed by atoms with Crippen LogP contribution in [0.25, 0.3) is 0 Å². The fraction of sp³-hybridized carbons (Fsp3) is 0.538. The Morgan fingerprint density at radius 2 is 2.15 bits per heavy atom. The van der Waals surface area contributed by atoms with Crippen LogP contribution in [0.1, 0.15) is 13.3 Å². The van der Waals surface area contributed by atoms with Crippen LogP contribution in [0.4, 0.5) is 5.69 Å². The molecule has 1 aliphatic rings. The number of piperidine rings is 1. The minimum absolute atomic E-state index is 0.0749. The van der Waals surface area contributed by atoms with Gasteiger partial charge < -0.3 is 15.6 Å². The van der Waals surface area contributed by atoms with Gasteiger partial charge in [-0.25, -0.2) is 8.42 Å². The summed E-state index contributed by atoms with van der Waals surface area (Å²) in [6.45, 7) is 2.48. The Hall–Kier alpha value is -1.31. The predicted octanol–water partition coefficient (Wildman–Crippen LogP) is 0.669. The number of nitrogens with two attached hydrogens (primary N) is 1. The normalized spacial score (nSPS) is 24.6. The number of nitrogen functional groups attached to an aromatic ring is 1. The number of methoxy groups -OCH3 is 1. The van der Waals surface area contributed by atoms with E-state index in [4.69, 9.17) is 10.5 Å². The Morgan fingerprint density at radius 3 is 2.70 bits per heavy atom. The van der Waals surface area contributed by atoms with E-state index in [1.165, 1.54) is 23.5 Å². The number of aliphatic hydroxyl groups is 1. The zero-order valence-corrected chi connectivity index (χ0v) is 12.4. The van der Waals surface area contributed by atoms with Crippen LogP contribution in [0.2, 0.25) is 0 Å². The summed E-state index contributed by atoms with van der Waals surface area (Å²) in [6.07, 6.45) is 0.00820. The van der Waals surface area contributed by atoms with E-state index in [-0.39, 0.29) is 10.8 Å². The summed E-state index contributed by atoms with van der Waals surface area (Å²) in [5.41, 5.74) is 6.05. The fourth-order valence-electron chi connectivity index (χ4n) is 2.34. The number of nitrogens with zero attached hydrogens (tertiary/aromatic N) is 1. The number of hydrogen-bond donors (Lipinski definition) is 2. The fourth-order valence-corrected chi connectivity index (χ4v) is 3.93. The molecule has 2 rings (SSSR count). The van der Waals surface area contributed by atoms with Gasteiger partial charge in [0.05, 0.1) is 23.8 Å². The molecule has 7 heteroatoms. The lowest BCUT2D eigenvalue weighted by Gasteiger charge is -2.33. The van der Waals surface area contributed by atoms with Crippen LogP contribution in [-0.4, -0.2) is 44.1 Å². The zero-order valence-electron chi connectivity index (χ0n) is 11.6. The lowest BCUT2D eigenvalue weighted by Crippen LogP contribution is -2.44. The standard InChI is InChI=1S/C13H20N2O4S/c1-9-8-15(6-5-12(9)16)20(17,18)10-3-4-13(19-2)11(14)7-10/h3-4,7,9,12,16H,5-6,8,14H2,1-2H3. The number of aliphatic hydroxyl groups excluding tert-OH is 1. The molecule has 1 aromatic carbocycles. The maximum atomic E-state index is 12.5. The molecule has 112 valence electrons. The predicted molar refractivity (Wildman–Crippen MR) is 76.0 cm³/mol. The molecule has 3 N–H and O–H groups in total. The Bertz CT molecular complexity index is 588. The van der Waals surface area contributed by atoms with Gasteiger partial charge in [0.1, 0.15) is 5.75 Å². The highest BCUT2D eigenvalue weighted by Gasteiger charge is 2.32. The zero-order chi connectivity index (χ0) is 14.9. The van der Waals surface area contributed by atoms with Gasteiger partial charge in [0.15, 0.2) is 0 Å². The topological polar surface area (TPSA) is 92.9 Å². The maximum Gasteiger partial charge on any atom is 0.243 e. The average Bonchev–Trinajstić information content (AvgIpc) is 2.41. The summed E-state index contributed by atoms with van der Waals surface area (Å²) in [6, 6.07) is 4.44. The van der Waals surface area contributed by atoms with Crippen LogP contribution in [0.15, 0.2) is 23.1 Å². The second-order valence-corrected chi connectivity index (χ2v) is 7.04. The van der Waals surface area contributed by atoms with Crippen molar-refractivity contribution in [2.45, 2.75) is 24.3 Å². The Morgan fingerprint density at radius 1 is 1.45 bits per heavy atom. The van der Waals surface area contributed by atoms with E-state index in [0.717, 1.165) is 0 Å². The third kappa shape index (κ3) is 2.74. The molecule has 1 aliphatic heterocycles. The Balaban J connectivity index is 2.29. The molecular formula is C13H20N2O4S. The Labute approximate surface area is 119 Å². The first-order chi connectivity index (χ1) is 9.36. The number of ether oxygens (including phenoxy) is 1. The summed E-state index contributed by atoms with van der Waals surface area (Å²) < 4.78 is 31.5. The van der Waals surface area contributed by atoms with Gasteiger partial charge in [0.25, 0.3) is 0 Å². The number of sulfonamides is 1. The average molecular weight is 300 g/mol. The van der Waals surface area contributed by atoms with Crippen LogP contribution in [0.3, 0.4) is 0 Å². The number of benzene rings is 1. The highest BCUT2D eigenvalue weighted by atomic mass is 32.2. The van der Waals surface area contributed by atoms with Gasteiger partial charge in [-0.2, -0.15) is 4.31 Å². The lowest BCUT2D eigenvalue weighted by molar-refractivity contribution is 0.0628. The highest BCUT2D eigenvalue weighted by Crippen LogP contribution is 2.28. The SMILES string of the molecule is COc1ccc(S(=O)(=O)N2CCC(O)C(C)C2)cc1N. The summed E-state index contributed by atoms with van der Waals surface area (Å²) in [5, 5.41) is 9.69. The molecule has 0 saturated carbocycles. The molecule has 0 radical (unpaired) electrons. The first kappa shape index (κ1) is 15.1. The molecule has 0 aromatic heterocycles. The van der Waals surface area contributed by atoms with E-state index in [0.29, 0.717) is 30.9 Å². The van der Waals surface area contributed by atoms with Gasteiger partial charge in [-0.1, -0.05) is 6.92 Å². The van der Waals surface area contributed by atoms with Crippen molar-refractivity contribution in [1.82, 2.24) is 4.31 Å². The molecular weight excluding hydrogens is 280 g/mol. The van der Waals surface area contributed by atoms with Crippen molar-refractivity contribution in [3.8, 4) is 5.75 Å². The largest absolute Gasteiger partial charge is 0.495 e. The molecule has 1 heterocycles. The Kier molecular flexibility index (Phi) is 4.22. The number of rotatable bonds is 3. The second kappa shape index (κ2) is 5.59. The number of hydrogen-bond acceptors (Lipinski definition) is 5. The van der Waals surface area contributed by atoms with Gasteiger partial charge in [0, 0.05) is 13.1 Å². The summed E-state index contributed by atoms with van der Waals surface area (Å²) in [4.78, 5) is 0.152. The molecule has 6 nitrogen and oxygen atoms in total. The van der Waals surface area contributed by atoms with Gasteiger partial charge in [0.2, 0.25) is 10.0 Å². The van der Waals surface area contributed by atoms with Crippen molar-refractivity contribution < 1.29 is 18.3 Å². The van der Waals surface area contributed by atoms with Crippen molar-refractivity contribution in [3.63, 3.8) is 0 Å². The van der Waals surface area contributed by atoms with Gasteiger partial charge in [-0.3, -0.25) is 0 Å². The summed E-state index contributed by atoms with van der Waals surface area (Å²) >= 11 is 0. The molecule has 2 atom stereocenters. The van der Waals surface area contributed by atoms with Crippen LogP contribution < -0.4 is 10.5 Å². The lowest BCUT2D eigenvalue weighted by atomic mass is 9.99. The quantitative estimate of drug-likeness (QED) is 0.800. The molecule has 1 fully saturated rings. The van der Waals surface area contributed by atoms with Crippen LogP contribution in [0, 0.1) is 5.92 Å². The molecule has 0 spiro atoms. The molecule has 20 heavy (non-hydrogen) atoms. The minimum Gasteiger partial charge on any atom is -0.495 e. The van der Waals surface area contributed by atoms with Crippen molar-refractivity contribution in [2.24, 2.45) is 5.92 Å². The first-order valence-corrected chi connectivity index (χ1v) is 7.92. The van der Waals surface area contributed by atoms with E-state index < -0.39 is 16.1 Å². The van der Waals surface area contributed by atoms with E-state index in [1.807, 2.05) is 6.92 Å². The third-order valence-corrected chi connectivity index (χ3v) is 5.52. The van der Waals surface area contributed by atoms with Gasteiger partial charge >= 0.3 is 0 Å². The van der Waals surface area contributed by atoms with Crippen molar-refractivity contribution in [2.75, 3.05) is 25.9 Å². The minimum atomic E-state index is -3.58. The highest BCUT2D eigenvalue weighted by molar-refractivity contribution is 7.89. The molecule has 0 amide bonds. The molecule has 2 unspecified atom stereocenters. The van der Waals surface area contributed by atoms with Gasteiger partial charge in [-0.05, 0) is 30.5 Å². The maximum absolute atomic E-state index is 12.5. The first-order valence-electron chi connectivity index (χ1n) is 6.48. The monoisotopic (exact) mass is 300 g/mol. The molecule has 0 bridgehead atoms. The van der Waals surface area contributed by atoms with Crippen molar-refractivity contribution >= 4 is 15.7 Å². The van der Waals surface area contributed by atoms with E-state index in [1.54, 1.807) is 6.07 Å². The van der Waals surface area contributed by atoms with E-state index in [2.05, 4.69) is 0 Å². The smallest absolute Gasteiger partial charge is 0.243 e. The van der Waals surface area contributed by atoms with Crippen LogP contribution in [-0.2, 0) is 10.0 Å². The van der Waals surface area contributed by atoms with Crippen LogP contribution >= 0.6 is 0 Å². The molecule has 1 saturated heterocycles. The van der Waals surface area contributed by atoms with Gasteiger partial charge in [-0.15, -0.1) is 0 Å². The number of anilines is 1. The van der Waals surface area contributed by atoms with Crippen molar-refractivity contribution in [1.29, 1.82) is 0 Å². The molecule has 1 aromatic rings. The molecule has 0 aliphatic carbocycles. The van der Waals surface area contributed by atoms with E-state index in [9.17, 15) is 13.5 Å².